The van der Waals surface area contributed by atoms with Crippen molar-refractivity contribution >= 4 is 17.2 Å². The molecular weight excluding hydrogens is 308 g/mol. The molecule has 0 bridgehead atoms. The molecule has 2 aliphatic heterocycles. The summed E-state index contributed by atoms with van der Waals surface area (Å²) in [6.07, 6.45) is 6.90. The summed E-state index contributed by atoms with van der Waals surface area (Å²) in [6.45, 7) is 3.48. The number of carbonyl (C=O) groups excluding carboxylic acids is 1. The summed E-state index contributed by atoms with van der Waals surface area (Å²) in [6, 6.07) is 4.04. The van der Waals surface area contributed by atoms with Crippen molar-refractivity contribution in [2.45, 2.75) is 25.8 Å². The predicted octanol–water partition coefficient (Wildman–Crippen LogP) is 2.31. The molecule has 1 atom stereocenters. The standard InChI is InChI=1S/C17H20N4OS/c22-16-17(4-2-6-18-16)5-7-21(12-17)11-13-9-19-15(20-10-13)14-3-1-8-23-14/h1,3,8-10H,2,4-7,11-12H2,(H,18,22)/t17-/m1/s1. The molecule has 0 radical (unpaired) electrons. The highest BCUT2D eigenvalue weighted by Gasteiger charge is 2.45. The number of nitrogens with one attached hydrogen (secondary N) is 1. The third-order valence-corrected chi connectivity index (χ3v) is 5.75. The number of thiophene rings is 1. The number of piperidine rings is 1. The van der Waals surface area contributed by atoms with Crippen molar-refractivity contribution in [2.24, 2.45) is 5.41 Å². The van der Waals surface area contributed by atoms with E-state index in [-0.39, 0.29) is 11.3 Å². The number of carbonyl (C=O) groups is 1. The molecular formula is C17H20N4OS. The highest BCUT2D eigenvalue weighted by molar-refractivity contribution is 7.13. The van der Waals surface area contributed by atoms with Crippen molar-refractivity contribution in [1.29, 1.82) is 0 Å². The normalized spacial score (nSPS) is 25.0. The van der Waals surface area contributed by atoms with Gasteiger partial charge in [-0.15, -0.1) is 11.3 Å². The monoisotopic (exact) mass is 328 g/mol. The van der Waals surface area contributed by atoms with Crippen LogP contribution in [0.2, 0.25) is 0 Å². The largest absolute Gasteiger partial charge is 0.356 e. The molecule has 2 aromatic rings. The molecule has 1 spiro atoms. The summed E-state index contributed by atoms with van der Waals surface area (Å²) >= 11 is 1.65. The van der Waals surface area contributed by atoms with Crippen LogP contribution >= 0.6 is 11.3 Å². The Labute approximate surface area is 139 Å². The lowest BCUT2D eigenvalue weighted by Gasteiger charge is -2.32. The van der Waals surface area contributed by atoms with Crippen LogP contribution in [0.4, 0.5) is 0 Å². The number of hydrogen-bond acceptors (Lipinski definition) is 5. The van der Waals surface area contributed by atoms with E-state index in [4.69, 9.17) is 0 Å². The smallest absolute Gasteiger partial charge is 0.227 e. The second-order valence-corrected chi connectivity index (χ2v) is 7.44. The Hall–Kier alpha value is -1.79. The van der Waals surface area contributed by atoms with E-state index in [2.05, 4.69) is 20.2 Å². The number of likely N-dealkylation sites (tertiary alicyclic amines) is 1. The van der Waals surface area contributed by atoms with Gasteiger partial charge in [-0.2, -0.15) is 0 Å². The summed E-state index contributed by atoms with van der Waals surface area (Å²) in [5.74, 6) is 1.03. The van der Waals surface area contributed by atoms with Gasteiger partial charge in [0.15, 0.2) is 5.82 Å². The van der Waals surface area contributed by atoms with Gasteiger partial charge in [0, 0.05) is 37.6 Å². The molecule has 0 unspecified atom stereocenters. The van der Waals surface area contributed by atoms with Crippen molar-refractivity contribution in [3.63, 3.8) is 0 Å². The van der Waals surface area contributed by atoms with Gasteiger partial charge in [0.2, 0.25) is 5.91 Å². The Balaban J connectivity index is 1.42. The average Bonchev–Trinajstić information content (AvgIpc) is 3.22. The summed E-state index contributed by atoms with van der Waals surface area (Å²) in [4.78, 5) is 24.6. The van der Waals surface area contributed by atoms with Crippen LogP contribution in [0, 0.1) is 5.41 Å². The van der Waals surface area contributed by atoms with Gasteiger partial charge in [0.1, 0.15) is 0 Å². The summed E-state index contributed by atoms with van der Waals surface area (Å²) in [5.41, 5.74) is 0.953. The molecule has 120 valence electrons. The predicted molar refractivity (Wildman–Crippen MR) is 89.9 cm³/mol. The molecule has 2 fully saturated rings. The van der Waals surface area contributed by atoms with Crippen LogP contribution in [-0.2, 0) is 11.3 Å². The summed E-state index contributed by atoms with van der Waals surface area (Å²) in [7, 11) is 0. The van der Waals surface area contributed by atoms with Gasteiger partial charge >= 0.3 is 0 Å². The number of amides is 1. The minimum Gasteiger partial charge on any atom is -0.356 e. The Morgan fingerprint density at radius 1 is 1.30 bits per heavy atom. The van der Waals surface area contributed by atoms with Crippen LogP contribution in [-0.4, -0.2) is 40.4 Å². The van der Waals surface area contributed by atoms with E-state index in [1.807, 2.05) is 29.9 Å². The number of rotatable bonds is 3. The van der Waals surface area contributed by atoms with E-state index in [1.54, 1.807) is 11.3 Å². The molecule has 4 heterocycles. The van der Waals surface area contributed by atoms with Crippen molar-refractivity contribution in [3.05, 3.63) is 35.5 Å². The molecule has 1 amide bonds. The van der Waals surface area contributed by atoms with E-state index in [1.165, 1.54) is 0 Å². The number of aromatic nitrogens is 2. The van der Waals surface area contributed by atoms with Crippen molar-refractivity contribution < 1.29 is 4.79 Å². The zero-order valence-corrected chi connectivity index (χ0v) is 13.8. The lowest BCUT2D eigenvalue weighted by atomic mass is 9.79. The highest BCUT2D eigenvalue weighted by Crippen LogP contribution is 2.37. The first-order chi connectivity index (χ1) is 11.3. The van der Waals surface area contributed by atoms with E-state index in [9.17, 15) is 4.79 Å². The first kappa shape index (κ1) is 14.8. The SMILES string of the molecule is O=C1NCCC[C@]12CCN(Cc1cnc(-c3cccs3)nc1)C2. The molecule has 5 nitrogen and oxygen atoms in total. The molecule has 0 aromatic carbocycles. The molecule has 1 N–H and O–H groups in total. The van der Waals surface area contributed by atoms with Crippen molar-refractivity contribution in [1.82, 2.24) is 20.2 Å². The van der Waals surface area contributed by atoms with Gasteiger partial charge in [-0.25, -0.2) is 9.97 Å². The lowest BCUT2D eigenvalue weighted by molar-refractivity contribution is -0.132. The fraction of sp³-hybridized carbons (Fsp3) is 0.471. The van der Waals surface area contributed by atoms with Gasteiger partial charge in [-0.3, -0.25) is 9.69 Å². The molecule has 6 heteroatoms. The summed E-state index contributed by atoms with van der Waals surface area (Å²) in [5, 5.41) is 5.07. The summed E-state index contributed by atoms with van der Waals surface area (Å²) < 4.78 is 0. The zero-order chi connectivity index (χ0) is 15.7. The van der Waals surface area contributed by atoms with Crippen molar-refractivity contribution in [3.8, 4) is 10.7 Å². The van der Waals surface area contributed by atoms with E-state index in [0.717, 1.165) is 61.7 Å². The zero-order valence-electron chi connectivity index (χ0n) is 13.0. The Kier molecular flexibility index (Phi) is 3.87. The van der Waals surface area contributed by atoms with E-state index < -0.39 is 0 Å². The first-order valence-corrected chi connectivity index (χ1v) is 8.99. The minimum atomic E-state index is -0.157. The van der Waals surface area contributed by atoms with Crippen LogP contribution in [0.1, 0.15) is 24.8 Å². The second-order valence-electron chi connectivity index (χ2n) is 6.49. The molecule has 0 saturated carbocycles. The fourth-order valence-corrected chi connectivity index (χ4v) is 4.31. The lowest BCUT2D eigenvalue weighted by Crippen LogP contribution is -2.47. The fourth-order valence-electron chi connectivity index (χ4n) is 3.64. The van der Waals surface area contributed by atoms with Gasteiger partial charge in [0.25, 0.3) is 0 Å². The van der Waals surface area contributed by atoms with Gasteiger partial charge in [0.05, 0.1) is 10.3 Å². The van der Waals surface area contributed by atoms with Crippen LogP contribution < -0.4 is 5.32 Å². The Morgan fingerprint density at radius 3 is 2.91 bits per heavy atom. The number of nitrogens with zero attached hydrogens (tertiary/aromatic N) is 3. The first-order valence-electron chi connectivity index (χ1n) is 8.11. The molecule has 23 heavy (non-hydrogen) atoms. The van der Waals surface area contributed by atoms with E-state index >= 15 is 0 Å². The van der Waals surface area contributed by atoms with E-state index in [0.29, 0.717) is 0 Å². The quantitative estimate of drug-likeness (QED) is 0.939. The molecule has 2 aliphatic rings. The molecule has 2 saturated heterocycles. The van der Waals surface area contributed by atoms with Crippen molar-refractivity contribution in [2.75, 3.05) is 19.6 Å². The van der Waals surface area contributed by atoms with Gasteiger partial charge in [-0.05, 0) is 37.3 Å². The van der Waals surface area contributed by atoms with Gasteiger partial charge in [-0.1, -0.05) is 6.07 Å². The van der Waals surface area contributed by atoms with Crippen LogP contribution in [0.3, 0.4) is 0 Å². The van der Waals surface area contributed by atoms with Gasteiger partial charge < -0.3 is 5.32 Å². The third kappa shape index (κ3) is 2.88. The molecule has 2 aromatic heterocycles. The maximum absolute atomic E-state index is 12.2. The molecule has 4 rings (SSSR count). The second kappa shape index (κ2) is 6.02. The van der Waals surface area contributed by atoms with Crippen LogP contribution in [0.15, 0.2) is 29.9 Å². The van der Waals surface area contributed by atoms with Crippen LogP contribution in [0.5, 0.6) is 0 Å². The topological polar surface area (TPSA) is 58.1 Å². The maximum atomic E-state index is 12.2. The Morgan fingerprint density at radius 2 is 2.17 bits per heavy atom. The maximum Gasteiger partial charge on any atom is 0.227 e. The molecule has 0 aliphatic carbocycles. The van der Waals surface area contributed by atoms with Crippen LogP contribution in [0.25, 0.3) is 10.7 Å². The third-order valence-electron chi connectivity index (χ3n) is 4.89. The number of hydrogen-bond donors (Lipinski definition) is 1. The highest BCUT2D eigenvalue weighted by atomic mass is 32.1. The Bertz CT molecular complexity index is 685. The minimum absolute atomic E-state index is 0.157. The average molecular weight is 328 g/mol.